The maximum absolute atomic E-state index is 11.8. The number of carbonyl (C=O) groups excluding carboxylic acids is 1. The lowest BCUT2D eigenvalue weighted by Gasteiger charge is -2.21. The van der Waals surface area contributed by atoms with E-state index in [1.54, 1.807) is 0 Å². The molecule has 0 aromatic rings. The van der Waals surface area contributed by atoms with Crippen molar-refractivity contribution >= 4 is 15.7 Å². The summed E-state index contributed by atoms with van der Waals surface area (Å²) in [5.41, 5.74) is 0. The Morgan fingerprint density at radius 2 is 1.82 bits per heavy atom. The molecule has 1 aliphatic heterocycles. The third-order valence-electron chi connectivity index (χ3n) is 3.80. The van der Waals surface area contributed by atoms with Gasteiger partial charge < -0.3 is 5.32 Å². The summed E-state index contributed by atoms with van der Waals surface area (Å²) in [6.45, 7) is 0. The third-order valence-corrected chi connectivity index (χ3v) is 5.56. The van der Waals surface area contributed by atoms with Crippen LogP contribution in [-0.4, -0.2) is 31.9 Å². The van der Waals surface area contributed by atoms with Crippen LogP contribution in [0.25, 0.3) is 0 Å². The average molecular weight is 259 g/mol. The van der Waals surface area contributed by atoms with Gasteiger partial charge >= 0.3 is 0 Å². The highest BCUT2D eigenvalue weighted by Crippen LogP contribution is 2.26. The van der Waals surface area contributed by atoms with Gasteiger partial charge in [0.2, 0.25) is 5.91 Å². The minimum atomic E-state index is -2.89. The molecule has 1 saturated carbocycles. The van der Waals surface area contributed by atoms with E-state index in [9.17, 15) is 13.2 Å². The second-order valence-electron chi connectivity index (χ2n) is 5.38. The predicted molar refractivity (Wildman–Crippen MR) is 66.4 cm³/mol. The van der Waals surface area contributed by atoms with E-state index in [0.717, 1.165) is 12.8 Å². The van der Waals surface area contributed by atoms with Gasteiger partial charge in [0, 0.05) is 12.5 Å². The van der Waals surface area contributed by atoms with Crippen molar-refractivity contribution in [2.45, 2.75) is 51.0 Å². The number of amides is 1. The van der Waals surface area contributed by atoms with E-state index in [2.05, 4.69) is 5.32 Å². The van der Waals surface area contributed by atoms with E-state index in [-0.39, 0.29) is 23.5 Å². The second kappa shape index (κ2) is 5.38. The fourth-order valence-corrected chi connectivity index (χ4v) is 4.52. The van der Waals surface area contributed by atoms with Crippen LogP contribution >= 0.6 is 0 Å². The molecule has 5 heteroatoms. The minimum absolute atomic E-state index is 0.0407. The van der Waals surface area contributed by atoms with Crippen LogP contribution in [0, 0.1) is 5.92 Å². The van der Waals surface area contributed by atoms with Gasteiger partial charge in [-0.1, -0.05) is 19.3 Å². The van der Waals surface area contributed by atoms with Gasteiger partial charge in [-0.2, -0.15) is 0 Å². The first-order valence-corrected chi connectivity index (χ1v) is 8.37. The highest BCUT2D eigenvalue weighted by molar-refractivity contribution is 7.91. The summed E-state index contributed by atoms with van der Waals surface area (Å²) in [6, 6.07) is -0.143. The Labute approximate surface area is 103 Å². The zero-order valence-electron chi connectivity index (χ0n) is 10.2. The van der Waals surface area contributed by atoms with Gasteiger partial charge in [0.25, 0.3) is 0 Å². The van der Waals surface area contributed by atoms with Crippen LogP contribution in [0.3, 0.4) is 0 Å². The van der Waals surface area contributed by atoms with E-state index in [1.165, 1.54) is 19.3 Å². The van der Waals surface area contributed by atoms with Crippen LogP contribution in [0.15, 0.2) is 0 Å². The Hall–Kier alpha value is -0.580. The molecule has 0 radical (unpaired) electrons. The van der Waals surface area contributed by atoms with Gasteiger partial charge in [-0.15, -0.1) is 0 Å². The van der Waals surface area contributed by atoms with E-state index < -0.39 is 9.84 Å². The lowest BCUT2D eigenvalue weighted by Crippen LogP contribution is -2.36. The Morgan fingerprint density at radius 1 is 1.12 bits per heavy atom. The molecule has 1 atom stereocenters. The van der Waals surface area contributed by atoms with Crippen LogP contribution in [-0.2, 0) is 14.6 Å². The van der Waals surface area contributed by atoms with Crippen molar-refractivity contribution in [3.8, 4) is 0 Å². The lowest BCUT2D eigenvalue weighted by molar-refractivity contribution is -0.122. The van der Waals surface area contributed by atoms with Gasteiger partial charge in [0.05, 0.1) is 11.5 Å². The summed E-state index contributed by atoms with van der Waals surface area (Å²) in [5, 5.41) is 2.86. The summed E-state index contributed by atoms with van der Waals surface area (Å²) in [4.78, 5) is 11.8. The van der Waals surface area contributed by atoms with Gasteiger partial charge in [0.15, 0.2) is 9.84 Å². The lowest BCUT2D eigenvalue weighted by atomic mass is 9.87. The standard InChI is InChI=1S/C12H21NO3S/c14-12(8-10-4-2-1-3-5-10)13-11-6-7-17(15,16)9-11/h10-11H,1-9H2,(H,13,14)/t11-/m1/s1. The van der Waals surface area contributed by atoms with E-state index in [0.29, 0.717) is 18.8 Å². The van der Waals surface area contributed by atoms with Crippen LogP contribution in [0.2, 0.25) is 0 Å². The summed E-state index contributed by atoms with van der Waals surface area (Å²) in [6.07, 6.45) is 7.21. The van der Waals surface area contributed by atoms with Gasteiger partial charge in [-0.05, 0) is 25.2 Å². The van der Waals surface area contributed by atoms with Crippen molar-refractivity contribution in [1.29, 1.82) is 0 Å². The fourth-order valence-electron chi connectivity index (χ4n) is 2.85. The first-order valence-electron chi connectivity index (χ1n) is 6.55. The third kappa shape index (κ3) is 3.98. The SMILES string of the molecule is O=C(CC1CCCCC1)N[C@@H]1CCS(=O)(=O)C1. The maximum atomic E-state index is 11.8. The molecule has 1 aliphatic carbocycles. The normalized spacial score (nSPS) is 29.1. The van der Waals surface area contributed by atoms with Crippen molar-refractivity contribution in [1.82, 2.24) is 5.32 Å². The molecule has 98 valence electrons. The van der Waals surface area contributed by atoms with Gasteiger partial charge in [0.1, 0.15) is 0 Å². The van der Waals surface area contributed by atoms with E-state index in [4.69, 9.17) is 0 Å². The number of hydrogen-bond donors (Lipinski definition) is 1. The summed E-state index contributed by atoms with van der Waals surface area (Å²) in [7, 11) is -2.89. The molecule has 2 rings (SSSR count). The minimum Gasteiger partial charge on any atom is -0.352 e. The Bertz CT molecular complexity index is 371. The molecule has 1 heterocycles. The smallest absolute Gasteiger partial charge is 0.220 e. The molecule has 0 aromatic heterocycles. The van der Waals surface area contributed by atoms with Crippen molar-refractivity contribution in [3.05, 3.63) is 0 Å². The van der Waals surface area contributed by atoms with Crippen LogP contribution < -0.4 is 5.32 Å². The molecule has 2 fully saturated rings. The highest BCUT2D eigenvalue weighted by Gasteiger charge is 2.29. The first kappa shape index (κ1) is 12.9. The fraction of sp³-hybridized carbons (Fsp3) is 0.917. The van der Waals surface area contributed by atoms with Crippen molar-refractivity contribution < 1.29 is 13.2 Å². The topological polar surface area (TPSA) is 63.2 Å². The van der Waals surface area contributed by atoms with Gasteiger partial charge in [-0.25, -0.2) is 8.42 Å². The largest absolute Gasteiger partial charge is 0.352 e. The zero-order chi connectivity index (χ0) is 12.3. The van der Waals surface area contributed by atoms with Gasteiger partial charge in [-0.3, -0.25) is 4.79 Å². The highest BCUT2D eigenvalue weighted by atomic mass is 32.2. The quantitative estimate of drug-likeness (QED) is 0.830. The molecule has 2 aliphatic rings. The number of carbonyl (C=O) groups is 1. The molecular formula is C12H21NO3S. The molecule has 1 saturated heterocycles. The molecule has 0 unspecified atom stereocenters. The van der Waals surface area contributed by atoms with Crippen LogP contribution in [0.5, 0.6) is 0 Å². The molecule has 1 N–H and O–H groups in total. The Kier molecular flexibility index (Phi) is 4.07. The average Bonchev–Trinajstić information content (AvgIpc) is 2.59. The molecular weight excluding hydrogens is 238 g/mol. The monoisotopic (exact) mass is 259 g/mol. The second-order valence-corrected chi connectivity index (χ2v) is 7.60. The zero-order valence-corrected chi connectivity index (χ0v) is 11.0. The maximum Gasteiger partial charge on any atom is 0.220 e. The van der Waals surface area contributed by atoms with Crippen LogP contribution in [0.4, 0.5) is 0 Å². The summed E-state index contributed by atoms with van der Waals surface area (Å²) >= 11 is 0. The van der Waals surface area contributed by atoms with E-state index >= 15 is 0 Å². The molecule has 17 heavy (non-hydrogen) atoms. The molecule has 0 spiro atoms. The van der Waals surface area contributed by atoms with Crippen molar-refractivity contribution in [2.75, 3.05) is 11.5 Å². The van der Waals surface area contributed by atoms with Crippen LogP contribution in [0.1, 0.15) is 44.9 Å². The molecule has 0 aromatic carbocycles. The predicted octanol–water partition coefficient (Wildman–Crippen LogP) is 1.26. The molecule has 4 nitrogen and oxygen atoms in total. The number of hydrogen-bond acceptors (Lipinski definition) is 3. The van der Waals surface area contributed by atoms with Crippen molar-refractivity contribution in [2.24, 2.45) is 5.92 Å². The number of rotatable bonds is 3. The Morgan fingerprint density at radius 3 is 2.41 bits per heavy atom. The Balaban J connectivity index is 1.74. The van der Waals surface area contributed by atoms with Crippen molar-refractivity contribution in [3.63, 3.8) is 0 Å². The summed E-state index contributed by atoms with van der Waals surface area (Å²) in [5.74, 6) is 0.908. The van der Waals surface area contributed by atoms with E-state index in [1.807, 2.05) is 0 Å². The first-order chi connectivity index (χ1) is 8.05. The summed E-state index contributed by atoms with van der Waals surface area (Å²) < 4.78 is 22.5. The molecule has 0 bridgehead atoms. The number of sulfone groups is 1. The number of nitrogens with one attached hydrogen (secondary N) is 1. The molecule has 1 amide bonds.